The predicted molar refractivity (Wildman–Crippen MR) is 115 cm³/mol. The number of benzene rings is 2. The van der Waals surface area contributed by atoms with Gasteiger partial charge in [-0.2, -0.15) is 4.31 Å². The van der Waals surface area contributed by atoms with E-state index in [-0.39, 0.29) is 29.8 Å². The normalized spacial score (nSPS) is 15.1. The Bertz CT molecular complexity index is 1030. The Hall–Kier alpha value is -2.71. The molecule has 0 saturated carbocycles. The van der Waals surface area contributed by atoms with Crippen LogP contribution in [-0.4, -0.2) is 62.2 Å². The van der Waals surface area contributed by atoms with E-state index < -0.39 is 10.0 Å². The van der Waals surface area contributed by atoms with Crippen molar-refractivity contribution >= 4 is 21.8 Å². The van der Waals surface area contributed by atoms with Gasteiger partial charge in [0.1, 0.15) is 0 Å². The molecule has 1 aliphatic heterocycles. The number of nitrogens with zero attached hydrogens (tertiary/aromatic N) is 2. The molecule has 2 aromatic rings. The Kier molecular flexibility index (Phi) is 6.89. The second kappa shape index (κ2) is 9.40. The van der Waals surface area contributed by atoms with Gasteiger partial charge in [-0.25, -0.2) is 8.42 Å². The highest BCUT2D eigenvalue weighted by atomic mass is 32.2. The lowest BCUT2D eigenvalue weighted by Crippen LogP contribution is -2.49. The predicted octanol–water partition coefficient (Wildman–Crippen LogP) is 1.82. The number of sulfonamides is 1. The van der Waals surface area contributed by atoms with E-state index in [2.05, 4.69) is 11.4 Å². The molecule has 0 spiro atoms. The average molecular weight is 430 g/mol. The van der Waals surface area contributed by atoms with Crippen molar-refractivity contribution in [2.24, 2.45) is 0 Å². The number of hydrogen-bond donors (Lipinski definition) is 1. The highest BCUT2D eigenvalue weighted by Crippen LogP contribution is 2.19. The van der Waals surface area contributed by atoms with Crippen LogP contribution in [0.5, 0.6) is 0 Å². The van der Waals surface area contributed by atoms with E-state index in [1.165, 1.54) is 28.9 Å². The van der Waals surface area contributed by atoms with Gasteiger partial charge in [0.25, 0.3) is 5.91 Å². The Morgan fingerprint density at radius 1 is 1.00 bits per heavy atom. The third-order valence-electron chi connectivity index (χ3n) is 5.20. The summed E-state index contributed by atoms with van der Waals surface area (Å²) in [6.07, 6.45) is 0.700. The summed E-state index contributed by atoms with van der Waals surface area (Å²) in [5.41, 5.74) is 2.61. The number of carbonyl (C=O) groups is 2. The van der Waals surface area contributed by atoms with Crippen LogP contribution in [0.1, 0.15) is 28.4 Å². The number of carbonyl (C=O) groups excluding carboxylic acids is 2. The molecule has 0 atom stereocenters. The summed E-state index contributed by atoms with van der Waals surface area (Å²) in [7, 11) is -3.72. The molecule has 30 heavy (non-hydrogen) atoms. The zero-order chi connectivity index (χ0) is 21.7. The molecule has 1 N–H and O–H groups in total. The van der Waals surface area contributed by atoms with E-state index in [0.717, 1.165) is 5.56 Å². The molecule has 1 aliphatic rings. The van der Waals surface area contributed by atoms with Crippen molar-refractivity contribution in [1.82, 2.24) is 14.5 Å². The van der Waals surface area contributed by atoms with Crippen LogP contribution in [0.25, 0.3) is 0 Å². The van der Waals surface area contributed by atoms with E-state index in [4.69, 9.17) is 0 Å². The van der Waals surface area contributed by atoms with Gasteiger partial charge in [0.05, 0.1) is 4.90 Å². The van der Waals surface area contributed by atoms with Gasteiger partial charge >= 0.3 is 0 Å². The third-order valence-corrected chi connectivity index (χ3v) is 7.09. The molecule has 2 aromatic carbocycles. The minimum Gasteiger partial charge on any atom is -0.352 e. The quantitative estimate of drug-likeness (QED) is 0.759. The van der Waals surface area contributed by atoms with Gasteiger partial charge in [-0.3, -0.25) is 9.59 Å². The first-order valence-electron chi connectivity index (χ1n) is 9.97. The van der Waals surface area contributed by atoms with Crippen molar-refractivity contribution in [1.29, 1.82) is 0 Å². The summed E-state index contributed by atoms with van der Waals surface area (Å²) in [6, 6.07) is 14.2. The summed E-state index contributed by atoms with van der Waals surface area (Å²) >= 11 is 0. The number of aryl methyl sites for hydroxylation is 1. The smallest absolute Gasteiger partial charge is 0.251 e. The third kappa shape index (κ3) is 5.25. The molecule has 7 nitrogen and oxygen atoms in total. The standard InChI is InChI=1S/C22H27N3O4S/c1-17-5-3-6-19(15-17)9-10-23-22(27)20-7-4-8-21(16-20)30(28,29)25-13-11-24(12-14-25)18(2)26/h3-8,15-16H,9-14H2,1-2H3,(H,23,27). The van der Waals surface area contributed by atoms with Crippen molar-refractivity contribution in [2.75, 3.05) is 32.7 Å². The molecule has 8 heteroatoms. The van der Waals surface area contributed by atoms with E-state index >= 15 is 0 Å². The van der Waals surface area contributed by atoms with Gasteiger partial charge < -0.3 is 10.2 Å². The summed E-state index contributed by atoms with van der Waals surface area (Å²) in [4.78, 5) is 25.7. The second-order valence-corrected chi connectivity index (χ2v) is 9.37. The molecular formula is C22H27N3O4S. The van der Waals surface area contributed by atoms with Gasteiger partial charge in [-0.1, -0.05) is 35.9 Å². The first kappa shape index (κ1) is 22.0. The lowest BCUT2D eigenvalue weighted by Gasteiger charge is -2.33. The van der Waals surface area contributed by atoms with E-state index in [1.807, 2.05) is 25.1 Å². The maximum atomic E-state index is 13.0. The molecule has 0 bridgehead atoms. The number of rotatable bonds is 6. The van der Waals surface area contributed by atoms with Crippen LogP contribution in [-0.2, 0) is 21.2 Å². The van der Waals surface area contributed by atoms with Crippen LogP contribution in [0.15, 0.2) is 53.4 Å². The zero-order valence-electron chi connectivity index (χ0n) is 17.3. The van der Waals surface area contributed by atoms with Gasteiger partial charge in [0.15, 0.2) is 0 Å². The molecule has 0 aromatic heterocycles. The van der Waals surface area contributed by atoms with Crippen LogP contribution in [0.3, 0.4) is 0 Å². The van der Waals surface area contributed by atoms with Crippen LogP contribution in [0, 0.1) is 6.92 Å². The van der Waals surface area contributed by atoms with Gasteiger partial charge in [-0.05, 0) is 37.1 Å². The van der Waals surface area contributed by atoms with Gasteiger partial charge in [0.2, 0.25) is 15.9 Å². The summed E-state index contributed by atoms with van der Waals surface area (Å²) < 4.78 is 27.3. The molecule has 1 fully saturated rings. The molecule has 2 amide bonds. The minimum absolute atomic E-state index is 0.0589. The highest BCUT2D eigenvalue weighted by Gasteiger charge is 2.29. The van der Waals surface area contributed by atoms with Crippen molar-refractivity contribution in [3.05, 3.63) is 65.2 Å². The zero-order valence-corrected chi connectivity index (χ0v) is 18.1. The largest absolute Gasteiger partial charge is 0.352 e. The number of piperazine rings is 1. The van der Waals surface area contributed by atoms with Crippen LogP contribution in [0.4, 0.5) is 0 Å². The minimum atomic E-state index is -3.72. The van der Waals surface area contributed by atoms with Crippen LogP contribution in [0.2, 0.25) is 0 Å². The molecule has 1 saturated heterocycles. The first-order chi connectivity index (χ1) is 14.3. The van der Waals surface area contributed by atoms with Gasteiger partial charge in [0, 0.05) is 45.2 Å². The fourth-order valence-electron chi connectivity index (χ4n) is 3.48. The van der Waals surface area contributed by atoms with Crippen LogP contribution < -0.4 is 5.32 Å². The van der Waals surface area contributed by atoms with Gasteiger partial charge in [-0.15, -0.1) is 0 Å². The van der Waals surface area contributed by atoms with Crippen molar-refractivity contribution in [2.45, 2.75) is 25.2 Å². The maximum absolute atomic E-state index is 13.0. The molecule has 0 unspecified atom stereocenters. The molecule has 3 rings (SSSR count). The fourth-order valence-corrected chi connectivity index (χ4v) is 4.95. The van der Waals surface area contributed by atoms with E-state index in [9.17, 15) is 18.0 Å². The molecule has 0 radical (unpaired) electrons. The monoisotopic (exact) mass is 429 g/mol. The summed E-state index contributed by atoms with van der Waals surface area (Å²) in [6.45, 7) is 5.19. The number of amides is 2. The fraction of sp³-hybridized carbons (Fsp3) is 0.364. The Morgan fingerprint density at radius 2 is 1.70 bits per heavy atom. The highest BCUT2D eigenvalue weighted by molar-refractivity contribution is 7.89. The molecule has 1 heterocycles. The lowest BCUT2D eigenvalue weighted by molar-refractivity contribution is -0.129. The number of hydrogen-bond acceptors (Lipinski definition) is 4. The first-order valence-corrected chi connectivity index (χ1v) is 11.4. The maximum Gasteiger partial charge on any atom is 0.251 e. The Balaban J connectivity index is 1.63. The lowest BCUT2D eigenvalue weighted by atomic mass is 10.1. The van der Waals surface area contributed by atoms with E-state index in [1.54, 1.807) is 17.0 Å². The van der Waals surface area contributed by atoms with E-state index in [0.29, 0.717) is 31.6 Å². The summed E-state index contributed by atoms with van der Waals surface area (Å²) in [5, 5.41) is 2.85. The Morgan fingerprint density at radius 3 is 2.37 bits per heavy atom. The number of nitrogens with one attached hydrogen (secondary N) is 1. The van der Waals surface area contributed by atoms with Crippen molar-refractivity contribution in [3.63, 3.8) is 0 Å². The molecule has 0 aliphatic carbocycles. The average Bonchev–Trinajstić information content (AvgIpc) is 2.74. The summed E-state index contributed by atoms with van der Waals surface area (Å²) in [5.74, 6) is -0.363. The topological polar surface area (TPSA) is 86.8 Å². The second-order valence-electron chi connectivity index (χ2n) is 7.43. The van der Waals surface area contributed by atoms with Crippen molar-refractivity contribution < 1.29 is 18.0 Å². The molecular weight excluding hydrogens is 402 g/mol. The SMILES string of the molecule is CC(=O)N1CCN(S(=O)(=O)c2cccc(C(=O)NCCc3cccc(C)c3)c2)CC1. The van der Waals surface area contributed by atoms with Crippen LogP contribution >= 0.6 is 0 Å². The molecule has 160 valence electrons. The Labute approximate surface area is 177 Å². The van der Waals surface area contributed by atoms with Crippen molar-refractivity contribution in [3.8, 4) is 0 Å².